The number of hydrogen-bond donors (Lipinski definition) is 4. The van der Waals surface area contributed by atoms with Crippen LogP contribution in [-0.4, -0.2) is 47.7 Å². The van der Waals surface area contributed by atoms with E-state index in [1.807, 2.05) is 44.2 Å². The maximum Gasteiger partial charge on any atom is 0.475 e. The van der Waals surface area contributed by atoms with E-state index in [1.54, 1.807) is 0 Å². The molecule has 2 rings (SSSR count). The number of nitrogens with one attached hydrogen (secondary N) is 2. The van der Waals surface area contributed by atoms with Crippen molar-refractivity contribution in [2.24, 2.45) is 5.92 Å². The van der Waals surface area contributed by atoms with Crippen LogP contribution in [0.3, 0.4) is 0 Å². The number of hydrogen-bond acceptors (Lipinski definition) is 5. The molecular weight excluding hydrogens is 295 g/mol. The van der Waals surface area contributed by atoms with Crippen LogP contribution in [0.1, 0.15) is 26.7 Å². The van der Waals surface area contributed by atoms with Gasteiger partial charge in [-0.3, -0.25) is 4.79 Å². The van der Waals surface area contributed by atoms with Crippen molar-refractivity contribution in [1.82, 2.24) is 10.6 Å². The van der Waals surface area contributed by atoms with Crippen LogP contribution in [0.15, 0.2) is 30.3 Å². The van der Waals surface area contributed by atoms with E-state index in [-0.39, 0.29) is 24.0 Å². The fourth-order valence-corrected chi connectivity index (χ4v) is 2.73. The van der Waals surface area contributed by atoms with Crippen molar-refractivity contribution < 1.29 is 19.6 Å². The van der Waals surface area contributed by atoms with Gasteiger partial charge in [-0.15, -0.1) is 0 Å². The Morgan fingerprint density at radius 1 is 1.39 bits per heavy atom. The number of para-hydroxylation sites is 1. The molecule has 1 saturated heterocycles. The molecule has 1 fully saturated rings. The zero-order valence-corrected chi connectivity index (χ0v) is 13.6. The molecule has 1 aromatic carbocycles. The summed E-state index contributed by atoms with van der Waals surface area (Å²) in [6, 6.07) is 9.12. The number of rotatable bonds is 7. The SMILES string of the molecule is CC(C)C[C@H](NC(=O)[C@@H]1CC(Oc2ccccc2)CN1)B(O)O. The maximum absolute atomic E-state index is 12.3. The van der Waals surface area contributed by atoms with Gasteiger partial charge >= 0.3 is 7.12 Å². The molecule has 126 valence electrons. The van der Waals surface area contributed by atoms with E-state index in [0.29, 0.717) is 19.4 Å². The van der Waals surface area contributed by atoms with Crippen LogP contribution >= 0.6 is 0 Å². The fourth-order valence-electron chi connectivity index (χ4n) is 2.73. The lowest BCUT2D eigenvalue weighted by Gasteiger charge is -2.21. The van der Waals surface area contributed by atoms with Crippen LogP contribution in [0, 0.1) is 5.92 Å². The largest absolute Gasteiger partial charge is 0.489 e. The molecule has 6 nitrogen and oxygen atoms in total. The van der Waals surface area contributed by atoms with Gasteiger partial charge in [-0.2, -0.15) is 0 Å². The molecule has 0 aromatic heterocycles. The van der Waals surface area contributed by atoms with Crippen LogP contribution in [0.2, 0.25) is 0 Å². The van der Waals surface area contributed by atoms with E-state index in [0.717, 1.165) is 5.75 Å². The summed E-state index contributed by atoms with van der Waals surface area (Å²) in [5, 5.41) is 24.6. The third kappa shape index (κ3) is 5.53. The van der Waals surface area contributed by atoms with Gasteiger partial charge in [0.05, 0.1) is 12.0 Å². The van der Waals surface area contributed by atoms with Gasteiger partial charge in [0.2, 0.25) is 5.91 Å². The Kier molecular flexibility index (Phi) is 6.44. The second-order valence-corrected chi connectivity index (χ2v) is 6.41. The van der Waals surface area contributed by atoms with Crippen molar-refractivity contribution in [2.75, 3.05) is 6.54 Å². The summed E-state index contributed by atoms with van der Waals surface area (Å²) < 4.78 is 5.83. The zero-order chi connectivity index (χ0) is 16.8. The van der Waals surface area contributed by atoms with Gasteiger partial charge in [-0.25, -0.2) is 0 Å². The molecule has 3 atom stereocenters. The van der Waals surface area contributed by atoms with E-state index in [1.165, 1.54) is 0 Å². The number of carbonyl (C=O) groups is 1. The normalized spacial score (nSPS) is 22.0. The summed E-state index contributed by atoms with van der Waals surface area (Å²) in [5.41, 5.74) is 0. The van der Waals surface area contributed by atoms with Crippen LogP contribution in [0.5, 0.6) is 5.75 Å². The van der Waals surface area contributed by atoms with E-state index in [2.05, 4.69) is 10.6 Å². The lowest BCUT2D eigenvalue weighted by Crippen LogP contribution is -2.52. The van der Waals surface area contributed by atoms with Gasteiger partial charge in [0.1, 0.15) is 11.9 Å². The minimum absolute atomic E-state index is 0.0734. The van der Waals surface area contributed by atoms with Gasteiger partial charge < -0.3 is 25.4 Å². The Balaban J connectivity index is 1.84. The fraction of sp³-hybridized carbons (Fsp3) is 0.562. The molecule has 0 saturated carbocycles. The highest BCUT2D eigenvalue weighted by Gasteiger charge is 2.34. The Hall–Kier alpha value is -1.57. The Labute approximate surface area is 137 Å². The summed E-state index contributed by atoms with van der Waals surface area (Å²) in [6.45, 7) is 4.53. The maximum atomic E-state index is 12.3. The standard InChI is InChI=1S/C16H25BN2O4/c1-11(2)8-15(17(21)22)19-16(20)14-9-13(10-18-14)23-12-6-4-3-5-7-12/h3-7,11,13-15,18,21-22H,8-10H2,1-2H3,(H,19,20)/t13?,14-,15-/m0/s1. The quantitative estimate of drug-likeness (QED) is 0.544. The Morgan fingerprint density at radius 2 is 2.09 bits per heavy atom. The molecule has 4 N–H and O–H groups in total. The van der Waals surface area contributed by atoms with E-state index in [4.69, 9.17) is 4.74 Å². The molecule has 23 heavy (non-hydrogen) atoms. The topological polar surface area (TPSA) is 90.8 Å². The van der Waals surface area contributed by atoms with Crippen molar-refractivity contribution in [1.29, 1.82) is 0 Å². The molecule has 0 radical (unpaired) electrons. The highest BCUT2D eigenvalue weighted by molar-refractivity contribution is 6.43. The van der Waals surface area contributed by atoms with Crippen molar-refractivity contribution in [3.05, 3.63) is 30.3 Å². The van der Waals surface area contributed by atoms with E-state index < -0.39 is 13.1 Å². The lowest BCUT2D eigenvalue weighted by atomic mass is 9.75. The summed E-state index contributed by atoms with van der Waals surface area (Å²) in [4.78, 5) is 12.3. The molecule has 0 spiro atoms. The average molecular weight is 320 g/mol. The van der Waals surface area contributed by atoms with E-state index in [9.17, 15) is 14.8 Å². The first kappa shape index (κ1) is 17.8. The predicted octanol–water partition coefficient (Wildman–Crippen LogP) is 0.339. The smallest absolute Gasteiger partial charge is 0.475 e. The number of benzene rings is 1. The molecule has 1 aromatic rings. The molecule has 1 heterocycles. The first-order valence-electron chi connectivity index (χ1n) is 8.07. The molecule has 0 bridgehead atoms. The van der Waals surface area contributed by atoms with Crippen LogP contribution in [-0.2, 0) is 4.79 Å². The monoisotopic (exact) mass is 320 g/mol. The summed E-state index contributed by atoms with van der Waals surface area (Å²) >= 11 is 0. The number of carbonyl (C=O) groups excluding carboxylic acids is 1. The third-order valence-corrected chi connectivity index (χ3v) is 3.87. The Bertz CT molecular complexity index is 498. The van der Waals surface area contributed by atoms with Crippen LogP contribution in [0.4, 0.5) is 0 Å². The van der Waals surface area contributed by atoms with Crippen LogP contribution in [0.25, 0.3) is 0 Å². The molecule has 1 aliphatic rings. The second-order valence-electron chi connectivity index (χ2n) is 6.41. The first-order valence-corrected chi connectivity index (χ1v) is 8.07. The van der Waals surface area contributed by atoms with Gasteiger partial charge in [-0.1, -0.05) is 32.0 Å². The molecular formula is C16H25BN2O4. The van der Waals surface area contributed by atoms with Gasteiger partial charge in [0.15, 0.2) is 0 Å². The molecule has 1 unspecified atom stereocenters. The molecule has 7 heteroatoms. The van der Waals surface area contributed by atoms with Gasteiger partial charge in [-0.05, 0) is 24.5 Å². The average Bonchev–Trinajstić information content (AvgIpc) is 2.95. The zero-order valence-electron chi connectivity index (χ0n) is 13.6. The van der Waals surface area contributed by atoms with Crippen molar-refractivity contribution in [3.8, 4) is 5.75 Å². The number of ether oxygens (including phenoxy) is 1. The Morgan fingerprint density at radius 3 is 2.70 bits per heavy atom. The van der Waals surface area contributed by atoms with Crippen molar-refractivity contribution >= 4 is 13.0 Å². The van der Waals surface area contributed by atoms with Crippen molar-refractivity contribution in [2.45, 2.75) is 44.8 Å². The van der Waals surface area contributed by atoms with E-state index >= 15 is 0 Å². The summed E-state index contributed by atoms with van der Waals surface area (Å²) in [6.07, 6.45) is 0.993. The highest BCUT2D eigenvalue weighted by atomic mass is 16.5. The minimum atomic E-state index is -1.56. The molecule has 0 aliphatic carbocycles. The summed E-state index contributed by atoms with van der Waals surface area (Å²) in [7, 11) is -1.56. The highest BCUT2D eigenvalue weighted by Crippen LogP contribution is 2.17. The third-order valence-electron chi connectivity index (χ3n) is 3.87. The summed E-state index contributed by atoms with van der Waals surface area (Å²) in [5.74, 6) is 0.165. The number of amides is 1. The molecule has 1 aliphatic heterocycles. The van der Waals surface area contributed by atoms with Gasteiger partial charge in [0.25, 0.3) is 0 Å². The van der Waals surface area contributed by atoms with Gasteiger partial charge in [0, 0.05) is 13.0 Å². The first-order chi connectivity index (χ1) is 11.0. The predicted molar refractivity (Wildman–Crippen MR) is 88.8 cm³/mol. The second kappa shape index (κ2) is 8.33. The minimum Gasteiger partial charge on any atom is -0.489 e. The van der Waals surface area contributed by atoms with Crippen molar-refractivity contribution in [3.63, 3.8) is 0 Å². The lowest BCUT2D eigenvalue weighted by molar-refractivity contribution is -0.123. The molecule has 1 amide bonds. The van der Waals surface area contributed by atoms with Crippen LogP contribution < -0.4 is 15.4 Å².